The molecule has 5 nitrogen and oxygen atoms in total. The van der Waals surface area contributed by atoms with Gasteiger partial charge in [0.25, 0.3) is 5.97 Å². The lowest BCUT2D eigenvalue weighted by molar-refractivity contribution is -0.360. The predicted molar refractivity (Wildman–Crippen MR) is 71.9 cm³/mol. The minimum atomic E-state index is -1.16. The van der Waals surface area contributed by atoms with Gasteiger partial charge < -0.3 is 18.6 Å². The first-order chi connectivity index (χ1) is 8.38. The summed E-state index contributed by atoms with van der Waals surface area (Å²) in [6.45, 7) is 8.92. The average Bonchev–Trinajstić information content (AvgIpc) is 2.35. The Labute approximate surface area is 112 Å². The lowest BCUT2D eigenvalue weighted by Gasteiger charge is -2.39. The Kier molecular flexibility index (Phi) is 7.38. The number of methoxy groups -OCH3 is 2. The number of carbonyl (C=O) groups is 1. The van der Waals surface area contributed by atoms with Crippen LogP contribution in [0.2, 0.25) is 0 Å². The molecule has 6 heteroatoms. The molecule has 0 aromatic carbocycles. The molecule has 0 amide bonds. The van der Waals surface area contributed by atoms with E-state index in [0.717, 1.165) is 0 Å². The van der Waals surface area contributed by atoms with Crippen molar-refractivity contribution >= 4 is 16.5 Å². The van der Waals surface area contributed by atoms with Crippen molar-refractivity contribution in [3.05, 3.63) is 12.2 Å². The fraction of sp³-hybridized carbons (Fsp3) is 0.750. The quantitative estimate of drug-likeness (QED) is 0.284. The monoisotopic (exact) mass is 276 g/mol. The van der Waals surface area contributed by atoms with Gasteiger partial charge in [-0.25, -0.2) is 4.79 Å². The molecular weight excluding hydrogens is 252 g/mol. The van der Waals surface area contributed by atoms with E-state index in [0.29, 0.717) is 22.5 Å². The van der Waals surface area contributed by atoms with E-state index < -0.39 is 18.0 Å². The highest BCUT2D eigenvalue weighted by molar-refractivity contribution is 5.98. The Bertz CT molecular complexity index is 280. The third-order valence-electron chi connectivity index (χ3n) is 2.96. The van der Waals surface area contributed by atoms with Crippen molar-refractivity contribution in [2.75, 3.05) is 14.2 Å². The zero-order chi connectivity index (χ0) is 14.3. The molecule has 0 aromatic rings. The molecule has 0 N–H and O–H groups in total. The minimum Gasteiger partial charge on any atom is -0.459 e. The van der Waals surface area contributed by atoms with Gasteiger partial charge in [-0.2, -0.15) is 0 Å². The van der Waals surface area contributed by atoms with Gasteiger partial charge in [0, 0.05) is 19.8 Å². The largest absolute Gasteiger partial charge is 0.459 e. The zero-order valence-electron chi connectivity index (χ0n) is 12.1. The molecule has 18 heavy (non-hydrogen) atoms. The standard InChI is InChI=1S/C12H24O5Si/c1-7-10(12(14-5,15-6)17-18)9(4)16-11(13)8(2)3/h9-10H,2,7H2,1,3-6,18H3. The van der Waals surface area contributed by atoms with Crippen LogP contribution in [0, 0.1) is 5.92 Å². The first kappa shape index (κ1) is 17.3. The normalized spacial score (nSPS) is 15.2. The summed E-state index contributed by atoms with van der Waals surface area (Å²) in [6.07, 6.45) is 0.294. The fourth-order valence-corrected chi connectivity index (χ4v) is 2.56. The molecule has 0 rings (SSSR count). The molecule has 106 valence electrons. The topological polar surface area (TPSA) is 54.0 Å². The van der Waals surface area contributed by atoms with Crippen LogP contribution in [0.4, 0.5) is 0 Å². The number of rotatable bonds is 8. The van der Waals surface area contributed by atoms with Crippen molar-refractivity contribution in [3.8, 4) is 0 Å². The molecule has 2 unspecified atom stereocenters. The van der Waals surface area contributed by atoms with Gasteiger partial charge in [-0.3, -0.25) is 0 Å². The molecule has 0 aliphatic heterocycles. The maximum atomic E-state index is 11.5. The molecule has 0 spiro atoms. The fourth-order valence-electron chi connectivity index (χ4n) is 1.93. The molecule has 0 heterocycles. The molecule has 0 radical (unpaired) electrons. The van der Waals surface area contributed by atoms with Crippen molar-refractivity contribution in [1.29, 1.82) is 0 Å². The van der Waals surface area contributed by atoms with Crippen molar-refractivity contribution in [2.24, 2.45) is 5.92 Å². The highest BCUT2D eigenvalue weighted by Gasteiger charge is 2.43. The van der Waals surface area contributed by atoms with Gasteiger partial charge in [-0.1, -0.05) is 13.5 Å². The molecule has 0 aliphatic rings. The van der Waals surface area contributed by atoms with Crippen molar-refractivity contribution in [1.82, 2.24) is 0 Å². The van der Waals surface area contributed by atoms with Crippen LogP contribution in [-0.4, -0.2) is 42.8 Å². The number of ether oxygens (including phenoxy) is 3. The summed E-state index contributed by atoms with van der Waals surface area (Å²) < 4.78 is 21.4. The molecule has 0 aliphatic carbocycles. The maximum absolute atomic E-state index is 11.5. The van der Waals surface area contributed by atoms with Gasteiger partial charge in [-0.05, 0) is 20.3 Å². The second kappa shape index (κ2) is 7.68. The molecule has 0 bridgehead atoms. The summed E-state index contributed by atoms with van der Waals surface area (Å²) in [7, 11) is 3.47. The number of hydrogen-bond acceptors (Lipinski definition) is 5. The van der Waals surface area contributed by atoms with E-state index in [1.54, 1.807) is 13.8 Å². The Balaban J connectivity index is 4.94. The zero-order valence-corrected chi connectivity index (χ0v) is 14.1. The Hall–Kier alpha value is -0.693. The Morgan fingerprint density at radius 1 is 1.39 bits per heavy atom. The van der Waals surface area contributed by atoms with Crippen LogP contribution in [0.5, 0.6) is 0 Å². The van der Waals surface area contributed by atoms with Crippen LogP contribution in [-0.2, 0) is 23.4 Å². The van der Waals surface area contributed by atoms with E-state index in [1.807, 2.05) is 6.92 Å². The lowest BCUT2D eigenvalue weighted by atomic mass is 9.97. The van der Waals surface area contributed by atoms with Crippen LogP contribution in [0.25, 0.3) is 0 Å². The Morgan fingerprint density at radius 2 is 1.89 bits per heavy atom. The Morgan fingerprint density at radius 3 is 2.17 bits per heavy atom. The number of carbonyl (C=O) groups excluding carboxylic acids is 1. The summed E-state index contributed by atoms with van der Waals surface area (Å²) in [4.78, 5) is 11.5. The van der Waals surface area contributed by atoms with E-state index in [1.165, 1.54) is 14.2 Å². The van der Waals surface area contributed by atoms with Gasteiger partial charge in [0.1, 0.15) is 6.10 Å². The third kappa shape index (κ3) is 3.91. The third-order valence-corrected chi connectivity index (χ3v) is 3.52. The van der Waals surface area contributed by atoms with Gasteiger partial charge in [-0.15, -0.1) is 0 Å². The van der Waals surface area contributed by atoms with Crippen LogP contribution >= 0.6 is 0 Å². The molecule has 0 saturated carbocycles. The molecule has 0 saturated heterocycles. The SMILES string of the molecule is C=C(C)C(=O)OC(C)C(CC)C(OC)(OC)O[SiH3]. The van der Waals surface area contributed by atoms with Crippen LogP contribution in [0.15, 0.2) is 12.2 Å². The van der Waals surface area contributed by atoms with Crippen LogP contribution < -0.4 is 0 Å². The minimum absolute atomic E-state index is 0.215. The summed E-state index contributed by atoms with van der Waals surface area (Å²) in [5, 5.41) is 0. The number of hydrogen-bond donors (Lipinski definition) is 0. The van der Waals surface area contributed by atoms with Gasteiger partial charge in [0.2, 0.25) is 0 Å². The van der Waals surface area contributed by atoms with Crippen LogP contribution in [0.3, 0.4) is 0 Å². The smallest absolute Gasteiger partial charge is 0.333 e. The van der Waals surface area contributed by atoms with E-state index in [9.17, 15) is 4.79 Å². The summed E-state index contributed by atoms with van der Waals surface area (Å²) in [5.74, 6) is -1.79. The second-order valence-corrected chi connectivity index (χ2v) is 4.53. The predicted octanol–water partition coefficient (Wildman–Crippen LogP) is 0.764. The first-order valence-electron chi connectivity index (χ1n) is 5.90. The average molecular weight is 276 g/mol. The molecule has 0 aromatic heterocycles. The summed E-state index contributed by atoms with van der Waals surface area (Å²) in [5.41, 5.74) is 0.365. The van der Waals surface area contributed by atoms with E-state index >= 15 is 0 Å². The van der Waals surface area contributed by atoms with E-state index in [2.05, 4.69) is 6.58 Å². The van der Waals surface area contributed by atoms with Gasteiger partial charge >= 0.3 is 5.97 Å². The molecular formula is C12H24O5Si. The first-order valence-corrected chi connectivity index (χ1v) is 6.72. The maximum Gasteiger partial charge on any atom is 0.333 e. The van der Waals surface area contributed by atoms with Gasteiger partial charge in [0.15, 0.2) is 10.5 Å². The summed E-state index contributed by atoms with van der Waals surface area (Å²) in [6, 6.07) is 0. The summed E-state index contributed by atoms with van der Waals surface area (Å²) >= 11 is 0. The van der Waals surface area contributed by atoms with Crippen LogP contribution in [0.1, 0.15) is 27.2 Å². The highest BCUT2D eigenvalue weighted by atomic mass is 28.2. The molecule has 2 atom stereocenters. The molecule has 0 fully saturated rings. The van der Waals surface area contributed by atoms with E-state index in [-0.39, 0.29) is 5.92 Å². The lowest BCUT2D eigenvalue weighted by Crippen LogP contribution is -2.49. The highest BCUT2D eigenvalue weighted by Crippen LogP contribution is 2.30. The van der Waals surface area contributed by atoms with Crippen molar-refractivity contribution in [3.63, 3.8) is 0 Å². The van der Waals surface area contributed by atoms with Crippen molar-refractivity contribution in [2.45, 2.75) is 39.3 Å². The number of esters is 1. The van der Waals surface area contributed by atoms with E-state index in [4.69, 9.17) is 18.6 Å². The second-order valence-electron chi connectivity index (χ2n) is 4.12. The van der Waals surface area contributed by atoms with Gasteiger partial charge in [0.05, 0.1) is 5.92 Å². The van der Waals surface area contributed by atoms with Crippen molar-refractivity contribution < 1.29 is 23.4 Å².